The molecule has 1 aromatic heterocycles. The summed E-state index contributed by atoms with van der Waals surface area (Å²) in [6, 6.07) is 3.39. The number of hydrogen-bond acceptors (Lipinski definition) is 4. The molecule has 0 unspecified atom stereocenters. The highest BCUT2D eigenvalue weighted by Crippen LogP contribution is 2.33. The second-order valence-electron chi connectivity index (χ2n) is 6.26. The molecule has 0 aliphatic carbocycles. The standard InChI is InChI=1S/C17H21F3N4OS/c1-10(2)24(4)8-13-9-26-16(22-13)23-15(25)21-12-6-5-11(3)14(7-12)17(18,19)20/h5-7,9-10H,8H2,1-4H3,(H2,21,22,23,25). The van der Waals surface area contributed by atoms with Crippen LogP contribution in [0, 0.1) is 6.92 Å². The Hall–Kier alpha value is -2.13. The molecule has 0 bridgehead atoms. The first-order valence-electron chi connectivity index (χ1n) is 7.96. The summed E-state index contributed by atoms with van der Waals surface area (Å²) in [5, 5.41) is 7.17. The van der Waals surface area contributed by atoms with Crippen molar-refractivity contribution in [2.24, 2.45) is 0 Å². The Morgan fingerprint density at radius 2 is 2.00 bits per heavy atom. The van der Waals surface area contributed by atoms with Gasteiger partial charge >= 0.3 is 12.2 Å². The first-order valence-corrected chi connectivity index (χ1v) is 8.84. The zero-order chi connectivity index (χ0) is 19.5. The SMILES string of the molecule is Cc1ccc(NC(=O)Nc2nc(CN(C)C(C)C)cs2)cc1C(F)(F)F. The first kappa shape index (κ1) is 20.2. The Kier molecular flexibility index (Phi) is 6.25. The van der Waals surface area contributed by atoms with Crippen molar-refractivity contribution in [2.75, 3.05) is 17.7 Å². The van der Waals surface area contributed by atoms with E-state index in [1.54, 1.807) is 0 Å². The average Bonchev–Trinajstić information content (AvgIpc) is 2.94. The smallest absolute Gasteiger partial charge is 0.308 e. The largest absolute Gasteiger partial charge is 0.416 e. The van der Waals surface area contributed by atoms with Gasteiger partial charge in [0.1, 0.15) is 0 Å². The van der Waals surface area contributed by atoms with Crippen LogP contribution < -0.4 is 10.6 Å². The summed E-state index contributed by atoms with van der Waals surface area (Å²) in [6.45, 7) is 6.15. The number of aromatic nitrogens is 1. The number of anilines is 2. The number of benzene rings is 1. The van der Waals surface area contributed by atoms with Gasteiger partial charge in [-0.15, -0.1) is 11.3 Å². The Morgan fingerprint density at radius 3 is 2.62 bits per heavy atom. The van der Waals surface area contributed by atoms with Gasteiger partial charge in [0, 0.05) is 23.7 Å². The number of carbonyl (C=O) groups is 1. The summed E-state index contributed by atoms with van der Waals surface area (Å²) in [6.07, 6.45) is -4.47. The van der Waals surface area contributed by atoms with Crippen LogP contribution in [0.1, 0.15) is 30.7 Å². The predicted molar refractivity (Wildman–Crippen MR) is 97.5 cm³/mol. The number of thiazole rings is 1. The van der Waals surface area contributed by atoms with Crippen LogP contribution in [0.4, 0.5) is 28.8 Å². The molecule has 26 heavy (non-hydrogen) atoms. The van der Waals surface area contributed by atoms with Gasteiger partial charge in [0.15, 0.2) is 5.13 Å². The summed E-state index contributed by atoms with van der Waals surface area (Å²) in [7, 11) is 1.97. The van der Waals surface area contributed by atoms with E-state index in [-0.39, 0.29) is 11.3 Å². The van der Waals surface area contributed by atoms with Crippen molar-refractivity contribution >= 4 is 28.2 Å². The normalized spacial score (nSPS) is 11.9. The quantitative estimate of drug-likeness (QED) is 0.764. The summed E-state index contributed by atoms with van der Waals surface area (Å²) in [4.78, 5) is 18.4. The van der Waals surface area contributed by atoms with Crippen LogP contribution in [0.15, 0.2) is 23.6 Å². The molecule has 0 spiro atoms. The van der Waals surface area contributed by atoms with E-state index in [1.165, 1.54) is 30.4 Å². The fourth-order valence-corrected chi connectivity index (χ4v) is 2.84. The van der Waals surface area contributed by atoms with Gasteiger partial charge in [-0.1, -0.05) is 6.07 Å². The molecule has 2 aromatic rings. The number of nitrogens with one attached hydrogen (secondary N) is 2. The third-order valence-corrected chi connectivity index (χ3v) is 4.67. The second kappa shape index (κ2) is 8.05. The van der Waals surface area contributed by atoms with Gasteiger partial charge in [0.25, 0.3) is 0 Å². The molecule has 1 heterocycles. The zero-order valence-corrected chi connectivity index (χ0v) is 15.8. The highest BCUT2D eigenvalue weighted by Gasteiger charge is 2.32. The van der Waals surface area contributed by atoms with Crippen LogP contribution in [0.3, 0.4) is 0 Å². The summed E-state index contributed by atoms with van der Waals surface area (Å²) in [5.41, 5.74) is 0.207. The molecule has 2 N–H and O–H groups in total. The first-order chi connectivity index (χ1) is 12.1. The minimum atomic E-state index is -4.47. The van der Waals surface area contributed by atoms with Crippen molar-refractivity contribution in [1.82, 2.24) is 9.88 Å². The number of alkyl halides is 3. The van der Waals surface area contributed by atoms with Gasteiger partial charge in [-0.3, -0.25) is 10.2 Å². The molecule has 0 saturated carbocycles. The average molecular weight is 386 g/mol. The van der Waals surface area contributed by atoms with Crippen molar-refractivity contribution in [2.45, 2.75) is 39.5 Å². The van der Waals surface area contributed by atoms with E-state index >= 15 is 0 Å². The molecule has 1 aromatic carbocycles. The van der Waals surface area contributed by atoms with Crippen LogP contribution in [0.2, 0.25) is 0 Å². The fraction of sp³-hybridized carbons (Fsp3) is 0.412. The molecule has 0 radical (unpaired) electrons. The molecule has 142 valence electrons. The molecule has 0 aliphatic heterocycles. The number of urea groups is 1. The van der Waals surface area contributed by atoms with Crippen LogP contribution in [0.5, 0.6) is 0 Å². The fourth-order valence-electron chi connectivity index (χ4n) is 2.14. The molecule has 9 heteroatoms. The van der Waals surface area contributed by atoms with E-state index in [2.05, 4.69) is 34.4 Å². The number of aryl methyl sites for hydroxylation is 1. The molecular formula is C17H21F3N4OS. The topological polar surface area (TPSA) is 57.3 Å². The Balaban J connectivity index is 2.00. The van der Waals surface area contributed by atoms with Crippen molar-refractivity contribution in [1.29, 1.82) is 0 Å². The second-order valence-corrected chi connectivity index (χ2v) is 7.12. The molecule has 0 saturated heterocycles. The van der Waals surface area contributed by atoms with Gasteiger partial charge in [0.2, 0.25) is 0 Å². The highest BCUT2D eigenvalue weighted by atomic mass is 32.1. The van der Waals surface area contributed by atoms with Gasteiger partial charge in [-0.2, -0.15) is 13.2 Å². The minimum absolute atomic E-state index is 0.0664. The molecular weight excluding hydrogens is 365 g/mol. The van der Waals surface area contributed by atoms with Crippen LogP contribution in [-0.4, -0.2) is 29.0 Å². The maximum Gasteiger partial charge on any atom is 0.416 e. The van der Waals surface area contributed by atoms with E-state index < -0.39 is 17.8 Å². The third-order valence-electron chi connectivity index (χ3n) is 3.87. The molecule has 0 aliphatic rings. The van der Waals surface area contributed by atoms with Crippen molar-refractivity contribution in [3.05, 3.63) is 40.4 Å². The highest BCUT2D eigenvalue weighted by molar-refractivity contribution is 7.13. The van der Waals surface area contributed by atoms with Gasteiger partial charge < -0.3 is 5.32 Å². The van der Waals surface area contributed by atoms with Gasteiger partial charge in [-0.05, 0) is 45.5 Å². The summed E-state index contributed by atoms with van der Waals surface area (Å²) < 4.78 is 38.8. The van der Waals surface area contributed by atoms with E-state index in [0.717, 1.165) is 11.8 Å². The minimum Gasteiger partial charge on any atom is -0.308 e. The molecule has 2 rings (SSSR count). The summed E-state index contributed by atoms with van der Waals surface area (Å²) >= 11 is 1.26. The molecule has 0 fully saturated rings. The van der Waals surface area contributed by atoms with E-state index in [0.29, 0.717) is 17.7 Å². The van der Waals surface area contributed by atoms with Crippen LogP contribution in [-0.2, 0) is 12.7 Å². The molecule has 0 atom stereocenters. The lowest BCUT2D eigenvalue weighted by Crippen LogP contribution is -2.25. The van der Waals surface area contributed by atoms with Gasteiger partial charge in [-0.25, -0.2) is 9.78 Å². The number of amides is 2. The number of nitrogens with zero attached hydrogens (tertiary/aromatic N) is 2. The maximum absolute atomic E-state index is 12.9. The monoisotopic (exact) mass is 386 g/mol. The zero-order valence-electron chi connectivity index (χ0n) is 14.9. The Bertz CT molecular complexity index is 774. The molecule has 2 amide bonds. The number of hydrogen-bond donors (Lipinski definition) is 2. The van der Waals surface area contributed by atoms with Crippen LogP contribution >= 0.6 is 11.3 Å². The Labute approximate surface area is 154 Å². The predicted octanol–water partition coefficient (Wildman–Crippen LogP) is 4.95. The molecule has 5 nitrogen and oxygen atoms in total. The maximum atomic E-state index is 12.9. The lowest BCUT2D eigenvalue weighted by atomic mass is 10.1. The van der Waals surface area contributed by atoms with E-state index in [1.807, 2.05) is 12.4 Å². The summed E-state index contributed by atoms with van der Waals surface area (Å²) in [5.74, 6) is 0. The number of rotatable bonds is 5. The lowest BCUT2D eigenvalue weighted by Gasteiger charge is -2.19. The van der Waals surface area contributed by atoms with Crippen LogP contribution in [0.25, 0.3) is 0 Å². The van der Waals surface area contributed by atoms with Crippen molar-refractivity contribution in [3.8, 4) is 0 Å². The van der Waals surface area contributed by atoms with Crippen molar-refractivity contribution < 1.29 is 18.0 Å². The van der Waals surface area contributed by atoms with E-state index in [4.69, 9.17) is 0 Å². The van der Waals surface area contributed by atoms with E-state index in [9.17, 15) is 18.0 Å². The Morgan fingerprint density at radius 1 is 1.31 bits per heavy atom. The third kappa shape index (κ3) is 5.43. The number of halogens is 3. The van der Waals surface area contributed by atoms with Crippen molar-refractivity contribution in [3.63, 3.8) is 0 Å². The number of carbonyl (C=O) groups excluding carboxylic acids is 1. The van der Waals surface area contributed by atoms with Gasteiger partial charge in [0.05, 0.1) is 11.3 Å². The lowest BCUT2D eigenvalue weighted by molar-refractivity contribution is -0.138.